The van der Waals surface area contributed by atoms with Crippen LogP contribution in [0.2, 0.25) is 0 Å². The van der Waals surface area contributed by atoms with Gasteiger partial charge >= 0.3 is 0 Å². The molecule has 2 aromatic rings. The van der Waals surface area contributed by atoms with Crippen LogP contribution >= 0.6 is 7.92 Å². The van der Waals surface area contributed by atoms with Gasteiger partial charge in [0, 0.05) is 0 Å². The van der Waals surface area contributed by atoms with E-state index in [4.69, 9.17) is 0 Å². The highest BCUT2D eigenvalue weighted by atomic mass is 31.1. The lowest BCUT2D eigenvalue weighted by Crippen LogP contribution is -2.17. The fraction of sp³-hybridized carbons (Fsp3) is 0.368. The summed E-state index contributed by atoms with van der Waals surface area (Å²) >= 11 is 0. The maximum absolute atomic E-state index is 2.41. The molecule has 0 amide bonds. The van der Waals surface area contributed by atoms with Crippen molar-refractivity contribution in [2.45, 2.75) is 26.2 Å². The summed E-state index contributed by atoms with van der Waals surface area (Å²) in [5.41, 5.74) is 0. The quantitative estimate of drug-likeness (QED) is 0.721. The smallest absolute Gasteiger partial charge is 0.0195 e. The minimum Gasteiger partial charge on any atom is -0.0625 e. The van der Waals surface area contributed by atoms with Gasteiger partial charge in [0.05, 0.1) is 0 Å². The van der Waals surface area contributed by atoms with Crippen LogP contribution in [0.5, 0.6) is 0 Å². The van der Waals surface area contributed by atoms with Crippen LogP contribution in [0.25, 0.3) is 0 Å². The topological polar surface area (TPSA) is 0 Å². The molecule has 2 aromatic carbocycles. The van der Waals surface area contributed by atoms with E-state index >= 15 is 0 Å². The van der Waals surface area contributed by atoms with Crippen molar-refractivity contribution in [1.29, 1.82) is 0 Å². The van der Waals surface area contributed by atoms with Crippen LogP contribution in [0.1, 0.15) is 26.2 Å². The number of hydrogen-bond acceptors (Lipinski definition) is 0. The third-order valence-electron chi connectivity index (χ3n) is 4.38. The maximum Gasteiger partial charge on any atom is -0.0195 e. The maximum atomic E-state index is 2.41. The summed E-state index contributed by atoms with van der Waals surface area (Å²) in [5, 5.41) is 3.07. The number of rotatable bonds is 4. The molecule has 2 atom stereocenters. The molecular weight excluding hydrogens is 259 g/mol. The Labute approximate surface area is 124 Å². The molecule has 1 heteroatoms. The molecule has 0 aliphatic heterocycles. The summed E-state index contributed by atoms with van der Waals surface area (Å²) in [5.74, 6) is 1.86. The second-order valence-corrected chi connectivity index (χ2v) is 8.32. The zero-order valence-electron chi connectivity index (χ0n) is 12.2. The second-order valence-electron chi connectivity index (χ2n) is 6.07. The fourth-order valence-electron chi connectivity index (χ4n) is 3.32. The Balaban J connectivity index is 1.84. The van der Waals surface area contributed by atoms with Crippen molar-refractivity contribution in [2.24, 2.45) is 11.8 Å². The Kier molecular flexibility index (Phi) is 4.53. The van der Waals surface area contributed by atoms with Crippen molar-refractivity contribution in [3.8, 4) is 0 Å². The van der Waals surface area contributed by atoms with Gasteiger partial charge in [-0.2, -0.15) is 0 Å². The van der Waals surface area contributed by atoms with Crippen LogP contribution < -0.4 is 10.6 Å². The molecule has 0 heterocycles. The van der Waals surface area contributed by atoms with Crippen LogP contribution in [-0.2, 0) is 0 Å². The largest absolute Gasteiger partial charge is 0.0625 e. The van der Waals surface area contributed by atoms with Crippen molar-refractivity contribution >= 4 is 18.5 Å². The van der Waals surface area contributed by atoms with E-state index in [9.17, 15) is 0 Å². The molecule has 1 aliphatic rings. The average molecular weight is 282 g/mol. The molecule has 1 fully saturated rings. The molecule has 3 rings (SSSR count). The molecule has 0 aromatic heterocycles. The molecule has 0 N–H and O–H groups in total. The molecular formula is C19H23P. The van der Waals surface area contributed by atoms with E-state index in [0.29, 0.717) is 0 Å². The molecule has 0 saturated heterocycles. The highest BCUT2D eigenvalue weighted by Crippen LogP contribution is 2.42. The van der Waals surface area contributed by atoms with Crippen molar-refractivity contribution < 1.29 is 0 Å². The van der Waals surface area contributed by atoms with Crippen LogP contribution in [0.3, 0.4) is 0 Å². The van der Waals surface area contributed by atoms with Gasteiger partial charge in [0.2, 0.25) is 0 Å². The zero-order chi connectivity index (χ0) is 13.8. The molecule has 20 heavy (non-hydrogen) atoms. The molecule has 0 spiro atoms. The van der Waals surface area contributed by atoms with E-state index < -0.39 is 0 Å². The Morgan fingerprint density at radius 1 is 0.850 bits per heavy atom. The second kappa shape index (κ2) is 6.55. The summed E-state index contributed by atoms with van der Waals surface area (Å²) in [4.78, 5) is 0. The lowest BCUT2D eigenvalue weighted by atomic mass is 10.1. The first kappa shape index (κ1) is 13.8. The van der Waals surface area contributed by atoms with Gasteiger partial charge in [-0.1, -0.05) is 74.0 Å². The normalized spacial score (nSPS) is 22.3. The van der Waals surface area contributed by atoms with Gasteiger partial charge in [-0.15, -0.1) is 0 Å². The molecule has 0 nitrogen and oxygen atoms in total. The summed E-state index contributed by atoms with van der Waals surface area (Å²) in [7, 11) is -0.181. The van der Waals surface area contributed by atoms with E-state index in [1.54, 1.807) is 0 Å². The Morgan fingerprint density at radius 3 is 1.85 bits per heavy atom. The van der Waals surface area contributed by atoms with E-state index in [2.05, 4.69) is 67.6 Å². The molecule has 1 aliphatic carbocycles. The predicted octanol–water partition coefficient (Wildman–Crippen LogP) is 4.56. The van der Waals surface area contributed by atoms with Gasteiger partial charge < -0.3 is 0 Å². The van der Waals surface area contributed by atoms with Gasteiger partial charge in [-0.25, -0.2) is 0 Å². The molecule has 104 valence electrons. The Bertz CT molecular complexity index is 480. The van der Waals surface area contributed by atoms with Crippen LogP contribution in [-0.4, -0.2) is 6.16 Å². The van der Waals surface area contributed by atoms with E-state index in [1.165, 1.54) is 36.0 Å². The van der Waals surface area contributed by atoms with Crippen molar-refractivity contribution in [1.82, 2.24) is 0 Å². The van der Waals surface area contributed by atoms with E-state index in [1.807, 2.05) is 0 Å². The van der Waals surface area contributed by atoms with Crippen LogP contribution in [0.15, 0.2) is 60.7 Å². The van der Waals surface area contributed by atoms with Crippen molar-refractivity contribution in [3.63, 3.8) is 0 Å². The zero-order valence-corrected chi connectivity index (χ0v) is 13.1. The van der Waals surface area contributed by atoms with Gasteiger partial charge in [-0.3, -0.25) is 0 Å². The number of hydrogen-bond donors (Lipinski definition) is 0. The first-order valence-corrected chi connectivity index (χ1v) is 9.23. The molecule has 1 saturated carbocycles. The third-order valence-corrected chi connectivity index (χ3v) is 7.10. The summed E-state index contributed by atoms with van der Waals surface area (Å²) < 4.78 is 0. The summed E-state index contributed by atoms with van der Waals surface area (Å²) in [6.07, 6.45) is 5.66. The van der Waals surface area contributed by atoms with Crippen molar-refractivity contribution in [3.05, 3.63) is 60.7 Å². The first-order valence-electron chi connectivity index (χ1n) is 7.70. The lowest BCUT2D eigenvalue weighted by molar-refractivity contribution is 0.560. The van der Waals surface area contributed by atoms with Crippen molar-refractivity contribution in [2.75, 3.05) is 6.16 Å². The standard InChI is InChI=1S/C19H23P/c1-16-12-13-17(14-16)15-20(18-8-4-2-5-9-18)19-10-6-3-7-11-19/h2-11,16-17H,12-15H2,1H3/t16-,17+/m0/s1. The monoisotopic (exact) mass is 282 g/mol. The van der Waals surface area contributed by atoms with Crippen LogP contribution in [0, 0.1) is 11.8 Å². The predicted molar refractivity (Wildman–Crippen MR) is 90.4 cm³/mol. The molecule has 0 radical (unpaired) electrons. The summed E-state index contributed by atoms with van der Waals surface area (Å²) in [6, 6.07) is 22.3. The van der Waals surface area contributed by atoms with Gasteiger partial charge in [0.25, 0.3) is 0 Å². The molecule has 0 unspecified atom stereocenters. The average Bonchev–Trinajstić information content (AvgIpc) is 2.92. The van der Waals surface area contributed by atoms with Gasteiger partial charge in [0.15, 0.2) is 0 Å². The Morgan fingerprint density at radius 2 is 1.40 bits per heavy atom. The van der Waals surface area contributed by atoms with Gasteiger partial charge in [0.1, 0.15) is 0 Å². The highest BCUT2D eigenvalue weighted by Gasteiger charge is 2.25. The minimum absolute atomic E-state index is 0.181. The van der Waals surface area contributed by atoms with E-state index in [0.717, 1.165) is 11.8 Å². The lowest BCUT2D eigenvalue weighted by Gasteiger charge is -2.22. The summed E-state index contributed by atoms with van der Waals surface area (Å²) in [6.45, 7) is 2.41. The SMILES string of the molecule is C[C@H]1CC[C@@H](CP(c2ccccc2)c2ccccc2)C1. The number of benzene rings is 2. The highest BCUT2D eigenvalue weighted by molar-refractivity contribution is 7.73. The molecule has 0 bridgehead atoms. The third kappa shape index (κ3) is 3.30. The minimum atomic E-state index is -0.181. The Hall–Kier alpha value is -1.13. The fourth-order valence-corrected chi connectivity index (χ4v) is 5.96. The van der Waals surface area contributed by atoms with E-state index in [-0.39, 0.29) is 7.92 Å². The van der Waals surface area contributed by atoms with Gasteiger partial charge in [-0.05, 0) is 49.4 Å². The first-order chi connectivity index (χ1) is 9.83. The van der Waals surface area contributed by atoms with Crippen LogP contribution in [0.4, 0.5) is 0 Å².